The summed E-state index contributed by atoms with van der Waals surface area (Å²) in [6.07, 6.45) is 2.64. The van der Waals surface area contributed by atoms with Crippen molar-refractivity contribution in [3.8, 4) is 0 Å². The number of Topliss-reactive ketones (excluding diaryl/α,β-unsaturated/α-hetero) is 1. The Bertz CT molecular complexity index is 559. The first-order valence-electron chi connectivity index (χ1n) is 7.34. The minimum absolute atomic E-state index is 0.0776. The third-order valence-corrected chi connectivity index (χ3v) is 4.99. The average Bonchev–Trinajstić information content (AvgIpc) is 3.18. The normalized spacial score (nSPS) is 29.4. The van der Waals surface area contributed by atoms with E-state index < -0.39 is 11.2 Å². The highest BCUT2D eigenvalue weighted by Crippen LogP contribution is 2.50. The van der Waals surface area contributed by atoms with E-state index in [1.165, 1.54) is 12.1 Å². The summed E-state index contributed by atoms with van der Waals surface area (Å²) >= 11 is 5.73. The average molecular weight is 312 g/mol. The smallest absolute Gasteiger partial charge is 0.142 e. The first kappa shape index (κ1) is 14.9. The van der Waals surface area contributed by atoms with Gasteiger partial charge in [-0.1, -0.05) is 17.7 Å². The summed E-state index contributed by atoms with van der Waals surface area (Å²) in [5.74, 6) is -0.389. The lowest BCUT2D eigenvalue weighted by atomic mass is 9.90. The Labute approximate surface area is 128 Å². The maximum absolute atomic E-state index is 13.7. The van der Waals surface area contributed by atoms with Crippen molar-refractivity contribution < 1.29 is 13.9 Å². The quantitative estimate of drug-likeness (QED) is 0.929. The number of halogens is 2. The third kappa shape index (κ3) is 2.72. The summed E-state index contributed by atoms with van der Waals surface area (Å²) in [7, 11) is 0. The van der Waals surface area contributed by atoms with E-state index in [4.69, 9.17) is 16.3 Å². The largest absolute Gasteiger partial charge is 0.381 e. The van der Waals surface area contributed by atoms with Gasteiger partial charge in [0.2, 0.25) is 0 Å². The van der Waals surface area contributed by atoms with Crippen molar-refractivity contribution in [1.82, 2.24) is 5.32 Å². The molecule has 2 atom stereocenters. The Kier molecular flexibility index (Phi) is 4.04. The van der Waals surface area contributed by atoms with Crippen molar-refractivity contribution in [2.45, 2.75) is 43.7 Å². The molecule has 1 aliphatic heterocycles. The Hall–Kier alpha value is -0.970. The maximum atomic E-state index is 13.7. The van der Waals surface area contributed by atoms with Crippen LogP contribution in [-0.4, -0.2) is 31.1 Å². The van der Waals surface area contributed by atoms with E-state index in [0.717, 1.165) is 38.0 Å². The minimum atomic E-state index is -0.594. The molecule has 0 bridgehead atoms. The van der Waals surface area contributed by atoms with Crippen LogP contribution in [0.2, 0.25) is 5.02 Å². The molecular weight excluding hydrogens is 293 g/mol. The molecule has 1 aromatic rings. The van der Waals surface area contributed by atoms with Gasteiger partial charge < -0.3 is 10.1 Å². The van der Waals surface area contributed by atoms with Crippen LogP contribution in [0.4, 0.5) is 4.39 Å². The van der Waals surface area contributed by atoms with E-state index >= 15 is 0 Å². The molecule has 1 aliphatic carbocycles. The lowest BCUT2D eigenvalue weighted by Gasteiger charge is -2.25. The zero-order chi connectivity index (χ0) is 15.0. The second-order valence-electron chi connectivity index (χ2n) is 5.97. The molecule has 3 rings (SSSR count). The molecule has 3 nitrogen and oxygen atoms in total. The molecule has 0 spiro atoms. The minimum Gasteiger partial charge on any atom is -0.381 e. The number of hydrogen-bond acceptors (Lipinski definition) is 3. The second-order valence-corrected chi connectivity index (χ2v) is 6.37. The number of rotatable bonds is 4. The predicted octanol–water partition coefficient (Wildman–Crippen LogP) is 2.85. The number of ether oxygens (including phenoxy) is 1. The molecule has 5 heteroatoms. The van der Waals surface area contributed by atoms with Crippen molar-refractivity contribution in [2.24, 2.45) is 0 Å². The third-order valence-electron chi connectivity index (χ3n) is 4.68. The van der Waals surface area contributed by atoms with Crippen LogP contribution in [0.15, 0.2) is 18.2 Å². The molecule has 1 heterocycles. The summed E-state index contributed by atoms with van der Waals surface area (Å²) < 4.78 is 19.0. The summed E-state index contributed by atoms with van der Waals surface area (Å²) in [5, 5.41) is 3.63. The van der Waals surface area contributed by atoms with Crippen molar-refractivity contribution in [2.75, 3.05) is 13.2 Å². The molecule has 1 saturated carbocycles. The van der Waals surface area contributed by atoms with Crippen LogP contribution in [0.25, 0.3) is 0 Å². The molecule has 1 saturated heterocycles. The Morgan fingerprint density at radius 1 is 1.43 bits per heavy atom. The van der Waals surface area contributed by atoms with E-state index in [1.54, 1.807) is 13.0 Å². The van der Waals surface area contributed by atoms with Gasteiger partial charge in [0, 0.05) is 25.3 Å². The number of hydrogen-bond donors (Lipinski definition) is 1. The predicted molar refractivity (Wildman–Crippen MR) is 79.2 cm³/mol. The fourth-order valence-electron chi connectivity index (χ4n) is 3.30. The number of ketones is 1. The van der Waals surface area contributed by atoms with Gasteiger partial charge >= 0.3 is 0 Å². The maximum Gasteiger partial charge on any atom is 0.142 e. The lowest BCUT2D eigenvalue weighted by Crippen LogP contribution is -2.40. The first-order chi connectivity index (χ1) is 10.0. The van der Waals surface area contributed by atoms with Crippen LogP contribution in [0.3, 0.4) is 0 Å². The van der Waals surface area contributed by atoms with Crippen molar-refractivity contribution in [3.05, 3.63) is 34.6 Å². The molecule has 0 amide bonds. The number of benzene rings is 1. The highest BCUT2D eigenvalue weighted by molar-refractivity contribution is 6.30. The standard InChI is InChI=1S/C16H19ClFNO2/c1-10(20)16(11-2-3-13(17)14(18)8-11)9-15(16)19-12-4-6-21-7-5-12/h2-3,8,12,15,19H,4-7,9H2,1H3. The molecule has 0 aromatic heterocycles. The van der Waals surface area contributed by atoms with Crippen LogP contribution in [0.5, 0.6) is 0 Å². The van der Waals surface area contributed by atoms with Gasteiger partial charge in [-0.2, -0.15) is 0 Å². The van der Waals surface area contributed by atoms with Gasteiger partial charge in [-0.25, -0.2) is 4.39 Å². The summed E-state index contributed by atoms with van der Waals surface area (Å²) in [6.45, 7) is 3.10. The summed E-state index contributed by atoms with van der Waals surface area (Å²) in [6, 6.07) is 5.15. The number of carbonyl (C=O) groups excluding carboxylic acids is 1. The fraction of sp³-hybridized carbons (Fsp3) is 0.562. The molecule has 1 aromatic carbocycles. The van der Waals surface area contributed by atoms with Crippen LogP contribution < -0.4 is 5.32 Å². The van der Waals surface area contributed by atoms with Crippen LogP contribution >= 0.6 is 11.6 Å². The van der Waals surface area contributed by atoms with Crippen molar-refractivity contribution in [3.63, 3.8) is 0 Å². The van der Waals surface area contributed by atoms with Gasteiger partial charge in [-0.15, -0.1) is 0 Å². The molecule has 2 unspecified atom stereocenters. The van der Waals surface area contributed by atoms with Gasteiger partial charge in [0.25, 0.3) is 0 Å². The van der Waals surface area contributed by atoms with Crippen molar-refractivity contribution >= 4 is 17.4 Å². The molecule has 2 fully saturated rings. The molecule has 1 N–H and O–H groups in total. The SMILES string of the molecule is CC(=O)C1(c2ccc(Cl)c(F)c2)CC1NC1CCOCC1. The monoisotopic (exact) mass is 311 g/mol. The molecule has 2 aliphatic rings. The highest BCUT2D eigenvalue weighted by atomic mass is 35.5. The van der Waals surface area contributed by atoms with E-state index in [1.807, 2.05) is 0 Å². The van der Waals surface area contributed by atoms with Gasteiger partial charge in [0.05, 0.1) is 10.4 Å². The van der Waals surface area contributed by atoms with Crippen molar-refractivity contribution in [1.29, 1.82) is 0 Å². The lowest BCUT2D eigenvalue weighted by molar-refractivity contribution is -0.119. The van der Waals surface area contributed by atoms with E-state index in [9.17, 15) is 9.18 Å². The van der Waals surface area contributed by atoms with Gasteiger partial charge in [0.15, 0.2) is 0 Å². The molecule has 114 valence electrons. The van der Waals surface area contributed by atoms with Gasteiger partial charge in [-0.3, -0.25) is 4.79 Å². The van der Waals surface area contributed by atoms with Crippen LogP contribution in [0.1, 0.15) is 31.7 Å². The van der Waals surface area contributed by atoms with E-state index in [2.05, 4.69) is 5.32 Å². The molecule has 21 heavy (non-hydrogen) atoms. The van der Waals surface area contributed by atoms with E-state index in [-0.39, 0.29) is 16.8 Å². The van der Waals surface area contributed by atoms with Crippen LogP contribution in [-0.2, 0) is 14.9 Å². The molecular formula is C16H19ClFNO2. The summed E-state index contributed by atoms with van der Waals surface area (Å²) in [5.41, 5.74) is 0.130. The van der Waals surface area contributed by atoms with Crippen LogP contribution in [0, 0.1) is 5.82 Å². The zero-order valence-electron chi connectivity index (χ0n) is 12.0. The molecule has 0 radical (unpaired) electrons. The second kappa shape index (κ2) is 5.67. The Morgan fingerprint density at radius 3 is 2.76 bits per heavy atom. The Morgan fingerprint density at radius 2 is 2.14 bits per heavy atom. The topological polar surface area (TPSA) is 38.3 Å². The fourth-order valence-corrected chi connectivity index (χ4v) is 3.42. The number of nitrogens with one attached hydrogen (secondary N) is 1. The van der Waals surface area contributed by atoms with E-state index in [0.29, 0.717) is 6.04 Å². The highest BCUT2D eigenvalue weighted by Gasteiger charge is 2.59. The number of carbonyl (C=O) groups is 1. The summed E-state index contributed by atoms with van der Waals surface area (Å²) in [4.78, 5) is 12.2. The van der Waals surface area contributed by atoms with Gasteiger partial charge in [0.1, 0.15) is 11.6 Å². The Balaban J connectivity index is 1.79. The van der Waals surface area contributed by atoms with Gasteiger partial charge in [-0.05, 0) is 43.9 Å². The first-order valence-corrected chi connectivity index (χ1v) is 7.72. The zero-order valence-corrected chi connectivity index (χ0v) is 12.8.